The number of amidine groups is 1. The number of amides is 1. The fourth-order valence-corrected chi connectivity index (χ4v) is 2.08. The van der Waals surface area contributed by atoms with Gasteiger partial charge in [-0.3, -0.25) is 10.1 Å². The second-order valence-corrected chi connectivity index (χ2v) is 5.06. The number of ether oxygens (including phenoxy) is 1. The molecule has 0 aliphatic carbocycles. The Labute approximate surface area is 110 Å². The van der Waals surface area contributed by atoms with Gasteiger partial charge in [0.15, 0.2) is 0 Å². The number of nitrogen functional groups attached to an aromatic ring is 1. The predicted octanol–water partition coefficient (Wildman–Crippen LogP) is 0.292. The Morgan fingerprint density at radius 3 is 2.58 bits per heavy atom. The van der Waals surface area contributed by atoms with Gasteiger partial charge in [-0.15, -0.1) is 0 Å². The highest BCUT2D eigenvalue weighted by Gasteiger charge is 2.16. The molecule has 1 rings (SSSR count). The van der Waals surface area contributed by atoms with E-state index in [1.54, 1.807) is 23.8 Å². The number of nitrogens with one attached hydrogen (secondary N) is 3. The quantitative estimate of drug-likeness (QED) is 0.466. The Balaban J connectivity index is 3.02. The molecule has 0 fully saturated rings. The highest BCUT2D eigenvalue weighted by Crippen LogP contribution is 2.17. The summed E-state index contributed by atoms with van der Waals surface area (Å²) in [6.07, 6.45) is -1.10. The van der Waals surface area contributed by atoms with Crippen LogP contribution in [-0.4, -0.2) is 27.5 Å². The number of anilines is 1. The molecule has 104 valence electrons. The monoisotopic (exact) mass is 286 g/mol. The van der Waals surface area contributed by atoms with E-state index in [0.717, 1.165) is 7.11 Å². The highest BCUT2D eigenvalue weighted by molar-refractivity contribution is 7.91. The first-order valence-electron chi connectivity index (χ1n) is 5.08. The maximum absolute atomic E-state index is 11.6. The van der Waals surface area contributed by atoms with Crippen molar-refractivity contribution in [1.82, 2.24) is 4.72 Å². The number of carbonyl (C=O) groups excluding carboxylic acids is 1. The van der Waals surface area contributed by atoms with Crippen molar-refractivity contribution in [3.05, 3.63) is 29.3 Å². The van der Waals surface area contributed by atoms with Gasteiger partial charge >= 0.3 is 16.3 Å². The molecule has 0 unspecified atom stereocenters. The van der Waals surface area contributed by atoms with Crippen molar-refractivity contribution in [3.63, 3.8) is 0 Å². The summed E-state index contributed by atoms with van der Waals surface area (Å²) in [6, 6.07) is 4.59. The van der Waals surface area contributed by atoms with Crippen molar-refractivity contribution >= 4 is 27.8 Å². The van der Waals surface area contributed by atoms with Gasteiger partial charge in [-0.25, -0.2) is 9.52 Å². The summed E-state index contributed by atoms with van der Waals surface area (Å²) in [4.78, 5) is 10.9. The van der Waals surface area contributed by atoms with Gasteiger partial charge in [0.2, 0.25) is 0 Å². The summed E-state index contributed by atoms with van der Waals surface area (Å²) in [5.74, 6) is -0.193. The maximum atomic E-state index is 11.6. The summed E-state index contributed by atoms with van der Waals surface area (Å²) < 4.78 is 31.2. The zero-order chi connectivity index (χ0) is 14.6. The average molecular weight is 286 g/mol. The lowest BCUT2D eigenvalue weighted by Gasteiger charge is -2.12. The van der Waals surface area contributed by atoms with Crippen molar-refractivity contribution in [2.24, 2.45) is 5.73 Å². The molecule has 0 heterocycles. The SMILES string of the molecule is COC(=O)NS(=O)(=O)Nc1cc(C(=N)N)ccc1C. The number of methoxy groups -OCH3 is 1. The largest absolute Gasteiger partial charge is 0.452 e. The molecule has 0 aromatic heterocycles. The summed E-state index contributed by atoms with van der Waals surface area (Å²) in [6.45, 7) is 1.67. The van der Waals surface area contributed by atoms with E-state index in [0.29, 0.717) is 11.1 Å². The van der Waals surface area contributed by atoms with Gasteiger partial charge in [-0.1, -0.05) is 12.1 Å². The van der Waals surface area contributed by atoms with Gasteiger partial charge < -0.3 is 10.5 Å². The van der Waals surface area contributed by atoms with E-state index >= 15 is 0 Å². The molecular weight excluding hydrogens is 272 g/mol. The number of aryl methyl sites for hydroxylation is 1. The maximum Gasteiger partial charge on any atom is 0.422 e. The second kappa shape index (κ2) is 5.57. The number of benzene rings is 1. The molecule has 0 bridgehead atoms. The minimum Gasteiger partial charge on any atom is -0.452 e. The standard InChI is InChI=1S/C10H14N4O4S/c1-6-3-4-7(9(11)12)5-8(6)13-19(16,17)14-10(15)18-2/h3-5,13H,1-2H3,(H3,11,12)(H,14,15). The van der Waals surface area contributed by atoms with Crippen molar-refractivity contribution in [2.75, 3.05) is 11.8 Å². The molecule has 0 radical (unpaired) electrons. The third-order valence-corrected chi connectivity index (χ3v) is 3.12. The molecule has 8 nitrogen and oxygen atoms in total. The van der Waals surface area contributed by atoms with Gasteiger partial charge in [0, 0.05) is 5.56 Å². The summed E-state index contributed by atoms with van der Waals surface area (Å²) in [5, 5.41) is 7.29. The smallest absolute Gasteiger partial charge is 0.422 e. The fraction of sp³-hybridized carbons (Fsp3) is 0.200. The summed E-state index contributed by atoms with van der Waals surface area (Å²) in [5.41, 5.74) is 6.50. The minimum absolute atomic E-state index is 0.193. The first-order valence-corrected chi connectivity index (χ1v) is 6.57. The van der Waals surface area contributed by atoms with Gasteiger partial charge in [0.1, 0.15) is 5.84 Å². The zero-order valence-electron chi connectivity index (χ0n) is 10.4. The van der Waals surface area contributed by atoms with Crippen LogP contribution >= 0.6 is 0 Å². The Morgan fingerprint density at radius 1 is 1.42 bits per heavy atom. The highest BCUT2D eigenvalue weighted by atomic mass is 32.2. The fourth-order valence-electron chi connectivity index (χ4n) is 1.22. The molecule has 1 aromatic carbocycles. The summed E-state index contributed by atoms with van der Waals surface area (Å²) in [7, 11) is -3.05. The zero-order valence-corrected chi connectivity index (χ0v) is 11.2. The van der Waals surface area contributed by atoms with Crippen LogP contribution < -0.4 is 15.2 Å². The van der Waals surface area contributed by atoms with Crippen LogP contribution in [0.5, 0.6) is 0 Å². The van der Waals surface area contributed by atoms with Crippen molar-refractivity contribution < 1.29 is 17.9 Å². The topological polar surface area (TPSA) is 134 Å². The minimum atomic E-state index is -4.10. The first kappa shape index (κ1) is 14.8. The second-order valence-electron chi connectivity index (χ2n) is 3.64. The van der Waals surface area contributed by atoms with E-state index in [1.807, 2.05) is 0 Å². The molecule has 0 spiro atoms. The molecule has 0 aliphatic rings. The number of rotatable bonds is 4. The Bertz CT molecular complexity index is 612. The van der Waals surface area contributed by atoms with Gasteiger partial charge in [0.05, 0.1) is 12.8 Å². The normalized spacial score (nSPS) is 10.6. The number of hydrogen-bond donors (Lipinski definition) is 4. The predicted molar refractivity (Wildman–Crippen MR) is 70.3 cm³/mol. The van der Waals surface area contributed by atoms with Crippen molar-refractivity contribution in [2.45, 2.75) is 6.92 Å². The van der Waals surface area contributed by atoms with Crippen LogP contribution in [0.1, 0.15) is 11.1 Å². The van der Waals surface area contributed by atoms with Crippen LogP contribution in [-0.2, 0) is 14.9 Å². The third kappa shape index (κ3) is 4.14. The van der Waals surface area contributed by atoms with Crippen LogP contribution in [0, 0.1) is 12.3 Å². The lowest BCUT2D eigenvalue weighted by molar-refractivity contribution is 0.177. The van der Waals surface area contributed by atoms with Crippen LogP contribution in [0.15, 0.2) is 18.2 Å². The number of hydrogen-bond acceptors (Lipinski definition) is 5. The van der Waals surface area contributed by atoms with Crippen LogP contribution in [0.3, 0.4) is 0 Å². The van der Waals surface area contributed by atoms with Gasteiger partial charge in [-0.05, 0) is 18.6 Å². The van der Waals surface area contributed by atoms with Crippen molar-refractivity contribution in [1.29, 1.82) is 5.41 Å². The summed E-state index contributed by atoms with van der Waals surface area (Å²) >= 11 is 0. The van der Waals surface area contributed by atoms with E-state index < -0.39 is 16.3 Å². The van der Waals surface area contributed by atoms with E-state index in [4.69, 9.17) is 11.1 Å². The molecular formula is C10H14N4O4S. The van der Waals surface area contributed by atoms with Gasteiger partial charge in [0.25, 0.3) is 0 Å². The number of carbonyl (C=O) groups is 1. The molecule has 0 saturated heterocycles. The molecule has 0 atom stereocenters. The molecule has 5 N–H and O–H groups in total. The average Bonchev–Trinajstić information content (AvgIpc) is 2.30. The lowest BCUT2D eigenvalue weighted by atomic mass is 10.1. The Morgan fingerprint density at radius 2 is 2.05 bits per heavy atom. The van der Waals surface area contributed by atoms with Crippen LogP contribution in [0.25, 0.3) is 0 Å². The molecule has 19 heavy (non-hydrogen) atoms. The Kier molecular flexibility index (Phi) is 4.33. The molecule has 0 aliphatic heterocycles. The van der Waals surface area contributed by atoms with E-state index in [2.05, 4.69) is 9.46 Å². The lowest BCUT2D eigenvalue weighted by Crippen LogP contribution is -2.35. The third-order valence-electron chi connectivity index (χ3n) is 2.20. The Hall–Kier alpha value is -2.29. The van der Waals surface area contributed by atoms with Crippen LogP contribution in [0.4, 0.5) is 10.5 Å². The van der Waals surface area contributed by atoms with Crippen LogP contribution in [0.2, 0.25) is 0 Å². The molecule has 1 amide bonds. The van der Waals surface area contributed by atoms with E-state index in [-0.39, 0.29) is 11.5 Å². The molecule has 0 saturated carbocycles. The first-order chi connectivity index (χ1) is 8.75. The number of nitrogens with two attached hydrogens (primary N) is 1. The van der Waals surface area contributed by atoms with E-state index in [1.165, 1.54) is 6.07 Å². The van der Waals surface area contributed by atoms with E-state index in [9.17, 15) is 13.2 Å². The van der Waals surface area contributed by atoms with Gasteiger partial charge in [-0.2, -0.15) is 8.42 Å². The molecule has 1 aromatic rings. The molecule has 9 heteroatoms. The van der Waals surface area contributed by atoms with Crippen molar-refractivity contribution in [3.8, 4) is 0 Å².